The third-order valence-corrected chi connectivity index (χ3v) is 2.34. The molecule has 0 fully saturated rings. The summed E-state index contributed by atoms with van der Waals surface area (Å²) in [7, 11) is 0. The van der Waals surface area contributed by atoms with Crippen LogP contribution in [0.4, 0.5) is 0 Å². The molecule has 6 heteroatoms. The fourth-order valence-electron chi connectivity index (χ4n) is 1.19. The van der Waals surface area contributed by atoms with E-state index in [9.17, 15) is 9.59 Å². The Kier molecular flexibility index (Phi) is 4.84. The van der Waals surface area contributed by atoms with Gasteiger partial charge < -0.3 is 11.1 Å². The molecule has 3 N–H and O–H groups in total. The summed E-state index contributed by atoms with van der Waals surface area (Å²) in [6.45, 7) is 3.60. The zero-order valence-corrected chi connectivity index (χ0v) is 10.6. The lowest BCUT2D eigenvalue weighted by Crippen LogP contribution is -2.44. The molecular formula is C11H12BrN3O2. The van der Waals surface area contributed by atoms with Gasteiger partial charge >= 0.3 is 0 Å². The summed E-state index contributed by atoms with van der Waals surface area (Å²) in [5, 5.41) is 2.53. The maximum atomic E-state index is 11.7. The van der Waals surface area contributed by atoms with E-state index in [1.165, 1.54) is 12.4 Å². The van der Waals surface area contributed by atoms with Crippen LogP contribution < -0.4 is 11.1 Å². The van der Waals surface area contributed by atoms with Crippen LogP contribution in [0.3, 0.4) is 0 Å². The Hall–Kier alpha value is -1.69. The molecule has 0 spiro atoms. The molecule has 1 rings (SSSR count). The monoisotopic (exact) mass is 297 g/mol. The van der Waals surface area contributed by atoms with Crippen molar-refractivity contribution in [2.75, 3.05) is 0 Å². The number of primary amides is 1. The number of carbonyl (C=O) groups excluding carboxylic acids is 2. The summed E-state index contributed by atoms with van der Waals surface area (Å²) >= 11 is 3.13. The van der Waals surface area contributed by atoms with Crippen LogP contribution >= 0.6 is 15.9 Å². The highest BCUT2D eigenvalue weighted by molar-refractivity contribution is 9.11. The van der Waals surface area contributed by atoms with Crippen LogP contribution in [0.1, 0.15) is 16.8 Å². The van der Waals surface area contributed by atoms with Crippen molar-refractivity contribution in [3.05, 3.63) is 41.2 Å². The van der Waals surface area contributed by atoms with Crippen molar-refractivity contribution in [1.82, 2.24) is 10.3 Å². The van der Waals surface area contributed by atoms with E-state index in [0.29, 0.717) is 10.0 Å². The summed E-state index contributed by atoms with van der Waals surface area (Å²) in [5.41, 5.74) is 5.61. The molecule has 1 atom stereocenters. The predicted molar refractivity (Wildman–Crippen MR) is 67.4 cm³/mol. The molecule has 2 amide bonds. The Bertz CT molecular complexity index is 434. The van der Waals surface area contributed by atoms with E-state index >= 15 is 0 Å². The van der Waals surface area contributed by atoms with Crippen molar-refractivity contribution < 1.29 is 9.59 Å². The van der Waals surface area contributed by atoms with Crippen LogP contribution in [0, 0.1) is 0 Å². The number of rotatable bonds is 5. The lowest BCUT2D eigenvalue weighted by molar-refractivity contribution is -0.119. The summed E-state index contributed by atoms with van der Waals surface area (Å²) in [5.74, 6) is -0.974. The minimum absolute atomic E-state index is 0.256. The quantitative estimate of drug-likeness (QED) is 0.849. The first-order valence-electron chi connectivity index (χ1n) is 4.84. The zero-order chi connectivity index (χ0) is 12.8. The smallest absolute Gasteiger partial charge is 0.252 e. The van der Waals surface area contributed by atoms with Crippen LogP contribution in [0.15, 0.2) is 35.6 Å². The maximum Gasteiger partial charge on any atom is 0.252 e. The lowest BCUT2D eigenvalue weighted by atomic mass is 10.1. The first-order chi connectivity index (χ1) is 8.00. The Morgan fingerprint density at radius 3 is 2.53 bits per heavy atom. The molecule has 1 aromatic rings. The number of nitrogens with two attached hydrogens (primary N) is 1. The molecule has 0 saturated carbocycles. The fraction of sp³-hybridized carbons (Fsp3) is 0.182. The van der Waals surface area contributed by atoms with Gasteiger partial charge in [0.1, 0.15) is 6.04 Å². The average molecular weight is 298 g/mol. The summed E-state index contributed by atoms with van der Waals surface area (Å²) in [6, 6.07) is 2.33. The van der Waals surface area contributed by atoms with Crippen LogP contribution in [-0.2, 0) is 4.79 Å². The van der Waals surface area contributed by atoms with Gasteiger partial charge in [0.2, 0.25) is 5.91 Å². The number of hydrogen-bond donors (Lipinski definition) is 2. The highest BCUT2D eigenvalue weighted by Crippen LogP contribution is 2.10. The maximum absolute atomic E-state index is 11.7. The van der Waals surface area contributed by atoms with Gasteiger partial charge in [0.15, 0.2) is 0 Å². The van der Waals surface area contributed by atoms with Crippen molar-refractivity contribution in [1.29, 1.82) is 0 Å². The third-order valence-electron chi connectivity index (χ3n) is 2.02. The molecule has 0 saturated heterocycles. The molecule has 0 aliphatic rings. The van der Waals surface area contributed by atoms with E-state index in [2.05, 4.69) is 32.8 Å². The predicted octanol–water partition coefficient (Wildman–Crippen LogP) is 0.964. The number of aromatic nitrogens is 1. The van der Waals surface area contributed by atoms with Gasteiger partial charge in [0.05, 0.1) is 0 Å². The van der Waals surface area contributed by atoms with Gasteiger partial charge in [-0.25, -0.2) is 0 Å². The molecule has 1 heterocycles. The number of nitrogens with zero attached hydrogens (tertiary/aromatic N) is 1. The first kappa shape index (κ1) is 13.4. The van der Waals surface area contributed by atoms with Gasteiger partial charge in [0.25, 0.3) is 5.91 Å². The van der Waals surface area contributed by atoms with Gasteiger partial charge in [-0.05, 0) is 16.6 Å². The highest BCUT2D eigenvalue weighted by Gasteiger charge is 2.19. The van der Waals surface area contributed by atoms with E-state index in [1.54, 1.807) is 12.1 Å². The van der Waals surface area contributed by atoms with Crippen molar-refractivity contribution >= 4 is 27.7 Å². The van der Waals surface area contributed by atoms with E-state index in [1.807, 2.05) is 0 Å². The second-order valence-electron chi connectivity index (χ2n) is 3.39. The summed E-state index contributed by atoms with van der Waals surface area (Å²) in [6.07, 6.45) is 3.25. The van der Waals surface area contributed by atoms with E-state index in [0.717, 1.165) is 0 Å². The van der Waals surface area contributed by atoms with Gasteiger partial charge in [-0.15, -0.1) is 0 Å². The molecular weight excluding hydrogens is 286 g/mol. The molecule has 1 aromatic heterocycles. The second kappa shape index (κ2) is 6.15. The molecule has 0 unspecified atom stereocenters. The molecule has 90 valence electrons. The van der Waals surface area contributed by atoms with Crippen LogP contribution in [0.25, 0.3) is 0 Å². The Labute approximate surface area is 107 Å². The number of amides is 2. The van der Waals surface area contributed by atoms with E-state index in [4.69, 9.17) is 5.73 Å². The van der Waals surface area contributed by atoms with Crippen molar-refractivity contribution in [3.63, 3.8) is 0 Å². The molecule has 0 aliphatic heterocycles. The molecule has 17 heavy (non-hydrogen) atoms. The average Bonchev–Trinajstić information content (AvgIpc) is 2.28. The number of halogens is 1. The molecule has 0 bridgehead atoms. The minimum Gasteiger partial charge on any atom is -0.368 e. The Balaban J connectivity index is 2.71. The number of hydrogen-bond acceptors (Lipinski definition) is 3. The summed E-state index contributed by atoms with van der Waals surface area (Å²) < 4.78 is 0.594. The molecule has 0 aromatic carbocycles. The Morgan fingerprint density at radius 2 is 2.06 bits per heavy atom. The summed E-state index contributed by atoms with van der Waals surface area (Å²) in [4.78, 5) is 26.7. The largest absolute Gasteiger partial charge is 0.368 e. The lowest BCUT2D eigenvalue weighted by Gasteiger charge is -2.14. The third kappa shape index (κ3) is 4.36. The number of nitrogens with one attached hydrogen (secondary N) is 1. The minimum atomic E-state index is -0.775. The van der Waals surface area contributed by atoms with Gasteiger partial charge in [-0.3, -0.25) is 14.6 Å². The van der Waals surface area contributed by atoms with Crippen molar-refractivity contribution in [2.24, 2.45) is 5.73 Å². The van der Waals surface area contributed by atoms with Crippen LogP contribution in [0.5, 0.6) is 0 Å². The normalized spacial score (nSPS) is 11.6. The topological polar surface area (TPSA) is 85.1 Å². The zero-order valence-electron chi connectivity index (χ0n) is 9.02. The Morgan fingerprint density at radius 1 is 1.47 bits per heavy atom. The highest BCUT2D eigenvalue weighted by atomic mass is 79.9. The van der Waals surface area contributed by atoms with Crippen LogP contribution in [-0.4, -0.2) is 22.8 Å². The second-order valence-corrected chi connectivity index (χ2v) is 4.51. The number of carbonyl (C=O) groups is 2. The number of pyridine rings is 1. The molecule has 0 aliphatic carbocycles. The van der Waals surface area contributed by atoms with Crippen molar-refractivity contribution in [2.45, 2.75) is 12.5 Å². The van der Waals surface area contributed by atoms with Gasteiger partial charge in [-0.1, -0.05) is 22.5 Å². The van der Waals surface area contributed by atoms with Crippen LogP contribution in [0.2, 0.25) is 0 Å². The van der Waals surface area contributed by atoms with Gasteiger partial charge in [0, 0.05) is 24.4 Å². The molecule has 5 nitrogen and oxygen atoms in total. The first-order valence-corrected chi connectivity index (χ1v) is 5.63. The molecule has 0 radical (unpaired) electrons. The fourth-order valence-corrected chi connectivity index (χ4v) is 1.51. The van der Waals surface area contributed by atoms with E-state index < -0.39 is 11.9 Å². The van der Waals surface area contributed by atoms with Crippen molar-refractivity contribution in [3.8, 4) is 0 Å². The SMILES string of the molecule is C=C(Br)C[C@H](NC(=O)c1ccncc1)C(N)=O. The van der Waals surface area contributed by atoms with Gasteiger partial charge in [-0.2, -0.15) is 0 Å². The standard InChI is InChI=1S/C11H12BrN3O2/c1-7(12)6-9(10(13)16)15-11(17)8-2-4-14-5-3-8/h2-5,9H,1,6H2,(H2,13,16)(H,15,17)/t9-/m0/s1. The van der Waals surface area contributed by atoms with E-state index in [-0.39, 0.29) is 12.3 Å².